The number of nitrogens with two attached hydrogens (primary N) is 1. The molecule has 1 fully saturated rings. The molecule has 0 saturated carbocycles. The maximum Gasteiger partial charge on any atom is 0.161 e. The largest absolute Gasteiger partial charge is 0.493 e. The highest BCUT2D eigenvalue weighted by molar-refractivity contribution is 5.85. The second-order valence-corrected chi connectivity index (χ2v) is 6.79. The van der Waals surface area contributed by atoms with Crippen molar-refractivity contribution in [2.45, 2.75) is 12.5 Å². The summed E-state index contributed by atoms with van der Waals surface area (Å²) in [5, 5.41) is 0. The number of rotatable bonds is 8. The molecule has 0 spiro atoms. The lowest BCUT2D eigenvalue weighted by Crippen LogP contribution is -2.23. The topological polar surface area (TPSA) is 47.7 Å². The third kappa shape index (κ3) is 5.25. The number of halogens is 1. The first kappa shape index (κ1) is 21.3. The highest BCUT2D eigenvalue weighted by Crippen LogP contribution is 2.34. The van der Waals surface area contributed by atoms with Crippen LogP contribution in [0.5, 0.6) is 11.5 Å². The molecule has 0 unspecified atom stereocenters. The van der Waals surface area contributed by atoms with Crippen molar-refractivity contribution in [1.82, 2.24) is 4.90 Å². The van der Waals surface area contributed by atoms with Gasteiger partial charge in [-0.2, -0.15) is 0 Å². The molecule has 1 heterocycles. The van der Waals surface area contributed by atoms with E-state index in [9.17, 15) is 0 Å². The Bertz CT molecular complexity index is 724. The summed E-state index contributed by atoms with van der Waals surface area (Å²) in [6.45, 7) is 7.81. The predicted octanol–water partition coefficient (Wildman–Crippen LogP) is 3.86. The average molecular weight is 389 g/mol. The van der Waals surface area contributed by atoms with Gasteiger partial charge >= 0.3 is 0 Å². The molecule has 2 aromatic rings. The summed E-state index contributed by atoms with van der Waals surface area (Å²) in [6.07, 6.45) is 1.73. The molecular weight excluding hydrogens is 360 g/mol. The fourth-order valence-corrected chi connectivity index (χ4v) is 3.74. The van der Waals surface area contributed by atoms with Crippen LogP contribution in [0, 0.1) is 5.92 Å². The Labute approximate surface area is 168 Å². The fraction of sp³-hybridized carbons (Fsp3) is 0.364. The molecule has 1 saturated heterocycles. The van der Waals surface area contributed by atoms with Gasteiger partial charge in [0, 0.05) is 25.6 Å². The molecule has 1 aliphatic heterocycles. The van der Waals surface area contributed by atoms with E-state index in [2.05, 4.69) is 53.9 Å². The Hall–Kier alpha value is -2.01. The lowest BCUT2D eigenvalue weighted by molar-refractivity contribution is 0.311. The zero-order chi connectivity index (χ0) is 18.4. The predicted molar refractivity (Wildman–Crippen MR) is 113 cm³/mol. The van der Waals surface area contributed by atoms with Gasteiger partial charge in [-0.25, -0.2) is 0 Å². The standard InChI is InChI=1S/C22H28N2O2.ClH/c1-3-11-26-21-10-9-17(12-22(21)25-2)14-24-15-19(13-23)20(16-24)18-7-5-4-6-8-18;/h3-10,12,19-20H,1,11,13-16,23H2,2H3;1H/t19-,20+;/m1./s1. The van der Waals surface area contributed by atoms with Gasteiger partial charge in [0.15, 0.2) is 11.5 Å². The van der Waals surface area contributed by atoms with Crippen LogP contribution in [-0.2, 0) is 6.54 Å². The third-order valence-electron chi connectivity index (χ3n) is 5.04. The summed E-state index contributed by atoms with van der Waals surface area (Å²) in [5.41, 5.74) is 8.66. The van der Waals surface area contributed by atoms with Crippen LogP contribution >= 0.6 is 12.4 Å². The van der Waals surface area contributed by atoms with Crippen LogP contribution in [0.1, 0.15) is 17.0 Å². The van der Waals surface area contributed by atoms with E-state index in [1.54, 1.807) is 13.2 Å². The van der Waals surface area contributed by atoms with E-state index in [1.807, 2.05) is 6.07 Å². The van der Waals surface area contributed by atoms with Crippen LogP contribution in [0.2, 0.25) is 0 Å². The molecule has 2 aromatic carbocycles. The SMILES string of the molecule is C=CCOc1ccc(CN2C[C@@H](CN)[C@H](c3ccccc3)C2)cc1OC.Cl. The number of methoxy groups -OCH3 is 1. The van der Waals surface area contributed by atoms with Crippen molar-refractivity contribution in [1.29, 1.82) is 0 Å². The fourth-order valence-electron chi connectivity index (χ4n) is 3.74. The molecule has 2 atom stereocenters. The van der Waals surface area contributed by atoms with Crippen molar-refractivity contribution in [3.05, 3.63) is 72.3 Å². The van der Waals surface area contributed by atoms with Crippen LogP contribution in [-0.4, -0.2) is 38.3 Å². The summed E-state index contributed by atoms with van der Waals surface area (Å²) < 4.78 is 11.1. The maximum atomic E-state index is 6.06. The van der Waals surface area contributed by atoms with E-state index in [4.69, 9.17) is 15.2 Å². The van der Waals surface area contributed by atoms with Crippen molar-refractivity contribution < 1.29 is 9.47 Å². The molecule has 0 amide bonds. The van der Waals surface area contributed by atoms with Gasteiger partial charge in [-0.05, 0) is 35.7 Å². The van der Waals surface area contributed by atoms with Gasteiger partial charge in [0.05, 0.1) is 7.11 Å². The van der Waals surface area contributed by atoms with Gasteiger partial charge in [-0.15, -0.1) is 12.4 Å². The average Bonchev–Trinajstić information content (AvgIpc) is 3.10. The molecule has 4 nitrogen and oxygen atoms in total. The van der Waals surface area contributed by atoms with Gasteiger partial charge in [-0.1, -0.05) is 49.1 Å². The minimum absolute atomic E-state index is 0. The number of likely N-dealkylation sites (tertiary alicyclic amines) is 1. The number of benzene rings is 2. The Morgan fingerprint density at radius 1 is 1.15 bits per heavy atom. The first-order valence-corrected chi connectivity index (χ1v) is 9.13. The molecule has 0 bridgehead atoms. The first-order valence-electron chi connectivity index (χ1n) is 9.13. The van der Waals surface area contributed by atoms with E-state index >= 15 is 0 Å². The van der Waals surface area contributed by atoms with Gasteiger partial charge in [0.2, 0.25) is 0 Å². The highest BCUT2D eigenvalue weighted by atomic mass is 35.5. The third-order valence-corrected chi connectivity index (χ3v) is 5.04. The highest BCUT2D eigenvalue weighted by Gasteiger charge is 2.32. The van der Waals surface area contributed by atoms with Gasteiger partial charge < -0.3 is 15.2 Å². The van der Waals surface area contributed by atoms with Crippen molar-refractivity contribution in [2.75, 3.05) is 33.4 Å². The summed E-state index contributed by atoms with van der Waals surface area (Å²) in [5.74, 6) is 2.51. The number of nitrogens with zero attached hydrogens (tertiary/aromatic N) is 1. The molecule has 0 radical (unpaired) electrons. The minimum atomic E-state index is 0. The number of ether oxygens (including phenoxy) is 2. The van der Waals surface area contributed by atoms with E-state index in [1.165, 1.54) is 11.1 Å². The molecular formula is C22H29ClN2O2. The molecule has 2 N–H and O–H groups in total. The second-order valence-electron chi connectivity index (χ2n) is 6.79. The second kappa shape index (κ2) is 10.4. The molecule has 5 heteroatoms. The van der Waals surface area contributed by atoms with Crippen molar-refractivity contribution in [3.63, 3.8) is 0 Å². The Morgan fingerprint density at radius 3 is 2.59 bits per heavy atom. The summed E-state index contributed by atoms with van der Waals surface area (Å²) >= 11 is 0. The summed E-state index contributed by atoms with van der Waals surface area (Å²) in [4.78, 5) is 2.48. The maximum absolute atomic E-state index is 6.06. The van der Waals surface area contributed by atoms with Gasteiger partial charge in [0.25, 0.3) is 0 Å². The Morgan fingerprint density at radius 2 is 1.93 bits per heavy atom. The molecule has 3 rings (SSSR count). The summed E-state index contributed by atoms with van der Waals surface area (Å²) in [6, 6.07) is 16.9. The van der Waals surface area contributed by atoms with Gasteiger partial charge in [0.1, 0.15) is 6.61 Å². The zero-order valence-electron chi connectivity index (χ0n) is 15.8. The summed E-state index contributed by atoms with van der Waals surface area (Å²) in [7, 11) is 1.67. The Balaban J connectivity index is 0.00000261. The van der Waals surface area contributed by atoms with E-state index < -0.39 is 0 Å². The molecule has 27 heavy (non-hydrogen) atoms. The lowest BCUT2D eigenvalue weighted by Gasteiger charge is -2.18. The van der Waals surface area contributed by atoms with Crippen LogP contribution in [0.15, 0.2) is 61.2 Å². The van der Waals surface area contributed by atoms with E-state index in [0.29, 0.717) is 25.0 Å². The Kier molecular flexibility index (Phi) is 8.17. The zero-order valence-corrected chi connectivity index (χ0v) is 16.7. The monoisotopic (exact) mass is 388 g/mol. The first-order chi connectivity index (χ1) is 12.7. The van der Waals surface area contributed by atoms with Gasteiger partial charge in [-0.3, -0.25) is 4.90 Å². The van der Waals surface area contributed by atoms with Crippen LogP contribution in [0.25, 0.3) is 0 Å². The van der Waals surface area contributed by atoms with Crippen molar-refractivity contribution >= 4 is 12.4 Å². The van der Waals surface area contributed by atoms with Crippen LogP contribution < -0.4 is 15.2 Å². The lowest BCUT2D eigenvalue weighted by atomic mass is 9.89. The smallest absolute Gasteiger partial charge is 0.161 e. The number of hydrogen-bond acceptors (Lipinski definition) is 4. The normalized spacial score (nSPS) is 19.3. The van der Waals surface area contributed by atoms with Crippen LogP contribution in [0.4, 0.5) is 0 Å². The van der Waals surface area contributed by atoms with Crippen molar-refractivity contribution in [3.8, 4) is 11.5 Å². The van der Waals surface area contributed by atoms with E-state index in [-0.39, 0.29) is 12.4 Å². The quantitative estimate of drug-likeness (QED) is 0.697. The minimum Gasteiger partial charge on any atom is -0.493 e. The molecule has 146 valence electrons. The van der Waals surface area contributed by atoms with Crippen LogP contribution in [0.3, 0.4) is 0 Å². The van der Waals surface area contributed by atoms with Crippen molar-refractivity contribution in [2.24, 2.45) is 11.7 Å². The molecule has 1 aliphatic rings. The molecule has 0 aromatic heterocycles. The van der Waals surface area contributed by atoms with E-state index in [0.717, 1.165) is 31.1 Å². The molecule has 0 aliphatic carbocycles. The number of hydrogen-bond donors (Lipinski definition) is 1.